The molecule has 0 amide bonds. The summed E-state index contributed by atoms with van der Waals surface area (Å²) < 4.78 is 5.79. The Morgan fingerprint density at radius 2 is 2.24 bits per heavy atom. The van der Waals surface area contributed by atoms with Gasteiger partial charge in [0.05, 0.1) is 5.92 Å². The van der Waals surface area contributed by atoms with Crippen molar-refractivity contribution in [1.29, 1.82) is 0 Å². The molecule has 0 bridgehead atoms. The molecule has 0 saturated carbocycles. The van der Waals surface area contributed by atoms with Crippen LogP contribution in [-0.2, 0) is 11.2 Å². The van der Waals surface area contributed by atoms with Crippen molar-refractivity contribution in [1.82, 2.24) is 0 Å². The highest BCUT2D eigenvalue weighted by Crippen LogP contribution is 2.34. The van der Waals surface area contributed by atoms with Gasteiger partial charge < -0.3 is 15.6 Å². The van der Waals surface area contributed by atoms with Crippen molar-refractivity contribution in [2.75, 3.05) is 5.73 Å². The van der Waals surface area contributed by atoms with Crippen LogP contribution in [0.2, 0.25) is 0 Å². The third kappa shape index (κ3) is 2.20. The third-order valence-corrected chi connectivity index (χ3v) is 3.16. The second kappa shape index (κ2) is 4.28. The predicted molar refractivity (Wildman–Crippen MR) is 64.9 cm³/mol. The lowest BCUT2D eigenvalue weighted by atomic mass is 9.85. The Labute approximate surface area is 100 Å². The fourth-order valence-corrected chi connectivity index (χ4v) is 2.28. The molecule has 4 heteroatoms. The number of nitrogen functional groups attached to an aromatic ring is 1. The molecule has 1 heterocycles. The molecular formula is C13H17NO3. The predicted octanol–water partition coefficient (Wildman–Crippen LogP) is 1.93. The lowest BCUT2D eigenvalue weighted by molar-refractivity contribution is -0.146. The molecule has 2 unspecified atom stereocenters. The first kappa shape index (κ1) is 11.8. The summed E-state index contributed by atoms with van der Waals surface area (Å²) in [6, 6.07) is 5.39. The Kier molecular flexibility index (Phi) is 2.96. The zero-order valence-electron chi connectivity index (χ0n) is 10.0. The number of carboxylic acids is 1. The van der Waals surface area contributed by atoms with Crippen LogP contribution in [0.25, 0.3) is 0 Å². The molecule has 0 aliphatic carbocycles. The van der Waals surface area contributed by atoms with Gasteiger partial charge in [-0.1, -0.05) is 13.8 Å². The van der Waals surface area contributed by atoms with Crippen LogP contribution in [0, 0.1) is 11.8 Å². The summed E-state index contributed by atoms with van der Waals surface area (Å²) in [5.74, 6) is -0.377. The van der Waals surface area contributed by atoms with Crippen molar-refractivity contribution in [3.05, 3.63) is 23.8 Å². The van der Waals surface area contributed by atoms with E-state index >= 15 is 0 Å². The molecule has 1 aromatic carbocycles. The van der Waals surface area contributed by atoms with Gasteiger partial charge in [0.1, 0.15) is 11.9 Å². The number of rotatable bonds is 2. The van der Waals surface area contributed by atoms with Gasteiger partial charge in [0.2, 0.25) is 0 Å². The molecule has 1 aliphatic rings. The second-order valence-corrected chi connectivity index (χ2v) is 4.84. The maximum Gasteiger partial charge on any atom is 0.310 e. The number of carboxylic acid groups (broad SMARTS) is 1. The highest BCUT2D eigenvalue weighted by molar-refractivity contribution is 5.72. The standard InChI is InChI=1S/C13H17NO3/c1-7(2)12-10(13(15)16)6-8-5-9(14)3-4-11(8)17-12/h3-5,7,10,12H,6,14H2,1-2H3,(H,15,16). The Hall–Kier alpha value is -1.71. The van der Waals surface area contributed by atoms with Crippen LogP contribution in [0.15, 0.2) is 18.2 Å². The normalized spacial score (nSPS) is 23.0. The highest BCUT2D eigenvalue weighted by Gasteiger charge is 2.36. The van der Waals surface area contributed by atoms with Gasteiger partial charge in [-0.2, -0.15) is 0 Å². The van der Waals surface area contributed by atoms with Crippen LogP contribution >= 0.6 is 0 Å². The van der Waals surface area contributed by atoms with E-state index in [1.807, 2.05) is 19.9 Å². The topological polar surface area (TPSA) is 72.5 Å². The third-order valence-electron chi connectivity index (χ3n) is 3.16. The van der Waals surface area contributed by atoms with Gasteiger partial charge in [0.25, 0.3) is 0 Å². The number of fused-ring (bicyclic) bond motifs is 1. The van der Waals surface area contributed by atoms with Crippen molar-refractivity contribution in [3.63, 3.8) is 0 Å². The van der Waals surface area contributed by atoms with E-state index < -0.39 is 11.9 Å². The number of ether oxygens (including phenoxy) is 1. The van der Waals surface area contributed by atoms with Gasteiger partial charge in [-0.3, -0.25) is 4.79 Å². The number of hydrogen-bond donors (Lipinski definition) is 2. The molecule has 2 rings (SSSR count). The van der Waals surface area contributed by atoms with E-state index in [0.717, 1.165) is 11.3 Å². The molecule has 3 N–H and O–H groups in total. The van der Waals surface area contributed by atoms with Crippen molar-refractivity contribution >= 4 is 11.7 Å². The fourth-order valence-electron chi connectivity index (χ4n) is 2.28. The van der Waals surface area contributed by atoms with E-state index in [4.69, 9.17) is 10.5 Å². The van der Waals surface area contributed by atoms with Gasteiger partial charge in [-0.15, -0.1) is 0 Å². The zero-order chi connectivity index (χ0) is 12.6. The van der Waals surface area contributed by atoms with E-state index in [1.165, 1.54) is 0 Å². The second-order valence-electron chi connectivity index (χ2n) is 4.84. The van der Waals surface area contributed by atoms with Gasteiger partial charge in [-0.05, 0) is 36.1 Å². The summed E-state index contributed by atoms with van der Waals surface area (Å²) in [6.07, 6.45) is 0.210. The van der Waals surface area contributed by atoms with Crippen LogP contribution in [0.1, 0.15) is 19.4 Å². The van der Waals surface area contributed by atoms with Gasteiger partial charge in [-0.25, -0.2) is 0 Å². The molecular weight excluding hydrogens is 218 g/mol. The number of carbonyl (C=O) groups is 1. The molecule has 1 aromatic rings. The molecule has 17 heavy (non-hydrogen) atoms. The maximum atomic E-state index is 11.3. The maximum absolute atomic E-state index is 11.3. The Bertz CT molecular complexity index is 442. The van der Waals surface area contributed by atoms with Crippen LogP contribution in [-0.4, -0.2) is 17.2 Å². The molecule has 0 fully saturated rings. The van der Waals surface area contributed by atoms with E-state index in [-0.39, 0.29) is 12.0 Å². The molecule has 0 saturated heterocycles. The Morgan fingerprint density at radius 3 is 2.82 bits per heavy atom. The lowest BCUT2D eigenvalue weighted by Crippen LogP contribution is -2.41. The molecule has 0 spiro atoms. The van der Waals surface area contributed by atoms with Gasteiger partial charge in [0.15, 0.2) is 0 Å². The summed E-state index contributed by atoms with van der Waals surface area (Å²) in [4.78, 5) is 11.3. The van der Waals surface area contributed by atoms with Crippen molar-refractivity contribution in [2.24, 2.45) is 11.8 Å². The largest absolute Gasteiger partial charge is 0.489 e. The van der Waals surface area contributed by atoms with Crippen LogP contribution in [0.5, 0.6) is 5.75 Å². The average molecular weight is 235 g/mol. The number of hydrogen-bond acceptors (Lipinski definition) is 3. The quantitative estimate of drug-likeness (QED) is 0.768. The van der Waals surface area contributed by atoms with E-state index in [0.29, 0.717) is 12.1 Å². The summed E-state index contributed by atoms with van der Waals surface area (Å²) in [5, 5.41) is 9.24. The summed E-state index contributed by atoms with van der Waals surface area (Å²) >= 11 is 0. The Balaban J connectivity index is 2.36. The summed E-state index contributed by atoms with van der Waals surface area (Å²) in [7, 11) is 0. The molecule has 0 aromatic heterocycles. The van der Waals surface area contributed by atoms with Crippen molar-refractivity contribution in [3.8, 4) is 5.75 Å². The molecule has 0 radical (unpaired) electrons. The molecule has 92 valence electrons. The fraction of sp³-hybridized carbons (Fsp3) is 0.462. The first-order valence-corrected chi connectivity index (χ1v) is 5.77. The highest BCUT2D eigenvalue weighted by atomic mass is 16.5. The summed E-state index contributed by atoms with van der Waals surface area (Å²) in [5.41, 5.74) is 7.22. The molecule has 1 aliphatic heterocycles. The van der Waals surface area contributed by atoms with E-state index in [1.54, 1.807) is 12.1 Å². The minimum atomic E-state index is -0.809. The van der Waals surface area contributed by atoms with E-state index in [2.05, 4.69) is 0 Å². The van der Waals surface area contributed by atoms with Crippen LogP contribution in [0.3, 0.4) is 0 Å². The van der Waals surface area contributed by atoms with E-state index in [9.17, 15) is 9.90 Å². The monoisotopic (exact) mass is 235 g/mol. The molecule has 4 nitrogen and oxygen atoms in total. The SMILES string of the molecule is CC(C)C1Oc2ccc(N)cc2CC1C(=O)O. The van der Waals surface area contributed by atoms with Crippen LogP contribution in [0.4, 0.5) is 5.69 Å². The first-order chi connectivity index (χ1) is 7.99. The van der Waals surface area contributed by atoms with Gasteiger partial charge >= 0.3 is 5.97 Å². The summed E-state index contributed by atoms with van der Waals surface area (Å²) in [6.45, 7) is 3.95. The first-order valence-electron chi connectivity index (χ1n) is 5.77. The number of anilines is 1. The number of benzene rings is 1. The van der Waals surface area contributed by atoms with Gasteiger partial charge in [0, 0.05) is 5.69 Å². The number of aliphatic carboxylic acids is 1. The van der Waals surface area contributed by atoms with Crippen molar-refractivity contribution < 1.29 is 14.6 Å². The Morgan fingerprint density at radius 1 is 1.53 bits per heavy atom. The minimum absolute atomic E-state index is 0.168. The average Bonchev–Trinajstić information content (AvgIpc) is 2.26. The van der Waals surface area contributed by atoms with Crippen LogP contribution < -0.4 is 10.5 Å². The lowest BCUT2D eigenvalue weighted by Gasteiger charge is -2.33. The minimum Gasteiger partial charge on any atom is -0.489 e. The smallest absolute Gasteiger partial charge is 0.310 e. The number of nitrogens with two attached hydrogens (primary N) is 1. The zero-order valence-corrected chi connectivity index (χ0v) is 10.0. The molecule has 2 atom stereocenters. The van der Waals surface area contributed by atoms with Crippen molar-refractivity contribution in [2.45, 2.75) is 26.4 Å².